The van der Waals surface area contributed by atoms with Gasteiger partial charge in [-0.3, -0.25) is 14.2 Å². The molecule has 0 unspecified atom stereocenters. The maximum Gasteiger partial charge on any atom is 0.267 e. The predicted molar refractivity (Wildman–Crippen MR) is 130 cm³/mol. The molecule has 0 atom stereocenters. The lowest BCUT2D eigenvalue weighted by atomic mass is 9.97. The number of hydrogen-bond donors (Lipinski definition) is 0. The number of halogens is 1. The lowest BCUT2D eigenvalue weighted by Gasteiger charge is -2.17. The molecule has 1 aliphatic carbocycles. The van der Waals surface area contributed by atoms with Crippen molar-refractivity contribution < 1.29 is 4.79 Å². The minimum Gasteiger partial charge on any atom is -0.344 e. The molecule has 0 spiro atoms. The summed E-state index contributed by atoms with van der Waals surface area (Å²) >= 11 is 9.20. The predicted octanol–water partition coefficient (Wildman–Crippen LogP) is 4.75. The molecular weight excluding hydrogens is 464 g/mol. The molecule has 166 valence electrons. The molecule has 3 aromatic rings. The van der Waals surface area contributed by atoms with E-state index in [4.69, 9.17) is 21.8 Å². The first-order chi connectivity index (χ1) is 15.4. The van der Waals surface area contributed by atoms with E-state index in [0.717, 1.165) is 41.6 Å². The van der Waals surface area contributed by atoms with Gasteiger partial charge in [0, 0.05) is 23.5 Å². The van der Waals surface area contributed by atoms with Crippen LogP contribution < -0.4 is 5.56 Å². The minimum absolute atomic E-state index is 0.109. The molecule has 6 nitrogen and oxygen atoms in total. The van der Waals surface area contributed by atoms with E-state index in [9.17, 15) is 9.59 Å². The van der Waals surface area contributed by atoms with Gasteiger partial charge in [-0.2, -0.15) is 5.26 Å². The number of amides is 1. The number of carbonyl (C=O) groups is 1. The van der Waals surface area contributed by atoms with Gasteiger partial charge in [0.15, 0.2) is 5.16 Å². The van der Waals surface area contributed by atoms with Gasteiger partial charge in [-0.25, -0.2) is 4.98 Å². The van der Waals surface area contributed by atoms with Crippen molar-refractivity contribution in [1.82, 2.24) is 14.5 Å². The monoisotopic (exact) mass is 486 g/mol. The average molecular weight is 487 g/mol. The summed E-state index contributed by atoms with van der Waals surface area (Å²) < 4.78 is 1.59. The van der Waals surface area contributed by atoms with Crippen LogP contribution in [0.25, 0.3) is 15.9 Å². The van der Waals surface area contributed by atoms with Gasteiger partial charge in [0.05, 0.1) is 29.3 Å². The topological polar surface area (TPSA) is 79.0 Å². The van der Waals surface area contributed by atoms with Crippen LogP contribution in [0, 0.1) is 18.3 Å². The normalized spacial score (nSPS) is 13.1. The van der Waals surface area contributed by atoms with E-state index in [-0.39, 0.29) is 23.6 Å². The van der Waals surface area contributed by atoms with Crippen molar-refractivity contribution in [2.45, 2.75) is 44.2 Å². The van der Waals surface area contributed by atoms with Crippen LogP contribution in [0.15, 0.2) is 28.2 Å². The SMILES string of the molecule is Cc1ccc(-n2c(SCC(=O)N(C)CCC#N)nc3sc4c(c3c2=O)CCCC4)cc1Cl. The maximum absolute atomic E-state index is 13.7. The van der Waals surface area contributed by atoms with Gasteiger partial charge in [-0.05, 0) is 55.9 Å². The summed E-state index contributed by atoms with van der Waals surface area (Å²) in [7, 11) is 1.68. The lowest BCUT2D eigenvalue weighted by molar-refractivity contribution is -0.127. The molecule has 9 heteroatoms. The van der Waals surface area contributed by atoms with Gasteiger partial charge in [-0.15, -0.1) is 11.3 Å². The van der Waals surface area contributed by atoms with Gasteiger partial charge >= 0.3 is 0 Å². The Hall–Kier alpha value is -2.34. The van der Waals surface area contributed by atoms with Crippen molar-refractivity contribution >= 4 is 50.8 Å². The molecule has 0 N–H and O–H groups in total. The molecule has 4 rings (SSSR count). The summed E-state index contributed by atoms with van der Waals surface area (Å²) in [6, 6.07) is 7.57. The van der Waals surface area contributed by atoms with Crippen LogP contribution in [-0.4, -0.2) is 39.7 Å². The van der Waals surface area contributed by atoms with Crippen LogP contribution in [0.3, 0.4) is 0 Å². The van der Waals surface area contributed by atoms with Crippen LogP contribution >= 0.6 is 34.7 Å². The fourth-order valence-corrected chi connectivity index (χ4v) is 6.24. The van der Waals surface area contributed by atoms with Crippen molar-refractivity contribution in [3.05, 3.63) is 49.6 Å². The van der Waals surface area contributed by atoms with Crippen LogP contribution in [0.5, 0.6) is 0 Å². The van der Waals surface area contributed by atoms with E-state index < -0.39 is 0 Å². The second-order valence-corrected chi connectivity index (χ2v) is 10.3. The highest BCUT2D eigenvalue weighted by Crippen LogP contribution is 2.35. The number of fused-ring (bicyclic) bond motifs is 3. The van der Waals surface area contributed by atoms with E-state index in [1.807, 2.05) is 25.1 Å². The Bertz CT molecular complexity index is 1290. The van der Waals surface area contributed by atoms with Gasteiger partial charge in [-0.1, -0.05) is 29.4 Å². The zero-order valence-corrected chi connectivity index (χ0v) is 20.4. The zero-order chi connectivity index (χ0) is 22.8. The molecule has 0 saturated heterocycles. The molecule has 32 heavy (non-hydrogen) atoms. The van der Waals surface area contributed by atoms with Crippen LogP contribution in [0.2, 0.25) is 5.02 Å². The fourth-order valence-electron chi connectivity index (χ4n) is 3.81. The maximum atomic E-state index is 13.7. The summed E-state index contributed by atoms with van der Waals surface area (Å²) in [4.78, 5) is 34.6. The molecule has 0 aliphatic heterocycles. The molecule has 1 aliphatic rings. The minimum atomic E-state index is -0.112. The number of hydrogen-bond acceptors (Lipinski definition) is 6. The fraction of sp³-hybridized carbons (Fsp3) is 0.391. The Labute approximate surface area is 199 Å². The summed E-state index contributed by atoms with van der Waals surface area (Å²) in [6.45, 7) is 2.29. The number of thiophene rings is 1. The van der Waals surface area contributed by atoms with Crippen molar-refractivity contribution in [2.75, 3.05) is 19.3 Å². The van der Waals surface area contributed by atoms with E-state index in [1.165, 1.54) is 21.5 Å². The number of benzene rings is 1. The van der Waals surface area contributed by atoms with Crippen LogP contribution in [0.4, 0.5) is 0 Å². The third-order valence-corrected chi connectivity index (χ3v) is 8.20. The molecule has 0 radical (unpaired) electrons. The number of carbonyl (C=O) groups excluding carboxylic acids is 1. The summed E-state index contributed by atoms with van der Waals surface area (Å²) in [5.41, 5.74) is 2.59. The average Bonchev–Trinajstić information content (AvgIpc) is 3.16. The Morgan fingerprint density at radius 2 is 2.16 bits per heavy atom. The quantitative estimate of drug-likeness (QED) is 0.371. The smallest absolute Gasteiger partial charge is 0.267 e. The first-order valence-corrected chi connectivity index (χ1v) is 12.7. The molecule has 1 amide bonds. The number of nitriles is 1. The van der Waals surface area contributed by atoms with Gasteiger partial charge in [0.2, 0.25) is 5.91 Å². The van der Waals surface area contributed by atoms with E-state index in [1.54, 1.807) is 29.0 Å². The van der Waals surface area contributed by atoms with E-state index in [2.05, 4.69) is 0 Å². The van der Waals surface area contributed by atoms with Crippen LogP contribution in [0.1, 0.15) is 35.3 Å². The summed E-state index contributed by atoms with van der Waals surface area (Å²) in [6.07, 6.45) is 4.37. The van der Waals surface area contributed by atoms with Crippen molar-refractivity contribution in [2.24, 2.45) is 0 Å². The van der Waals surface area contributed by atoms with Gasteiger partial charge in [0.1, 0.15) is 4.83 Å². The number of aromatic nitrogens is 2. The summed E-state index contributed by atoms with van der Waals surface area (Å²) in [5, 5.41) is 10.5. The highest BCUT2D eigenvalue weighted by molar-refractivity contribution is 7.99. The number of thioether (sulfide) groups is 1. The van der Waals surface area contributed by atoms with Crippen molar-refractivity contribution in [1.29, 1.82) is 5.26 Å². The van der Waals surface area contributed by atoms with Gasteiger partial charge in [0.25, 0.3) is 5.56 Å². The van der Waals surface area contributed by atoms with Gasteiger partial charge < -0.3 is 4.90 Å². The third-order valence-electron chi connectivity index (χ3n) is 5.68. The summed E-state index contributed by atoms with van der Waals surface area (Å²) in [5.74, 6) is 0.0171. The molecule has 2 aromatic heterocycles. The van der Waals surface area contributed by atoms with Crippen LogP contribution in [-0.2, 0) is 17.6 Å². The Morgan fingerprint density at radius 3 is 2.91 bits per heavy atom. The highest BCUT2D eigenvalue weighted by Gasteiger charge is 2.23. The second-order valence-electron chi connectivity index (χ2n) is 7.87. The molecular formula is C23H23ClN4O2S2. The van der Waals surface area contributed by atoms with E-state index >= 15 is 0 Å². The number of aryl methyl sites for hydroxylation is 3. The van der Waals surface area contributed by atoms with E-state index in [0.29, 0.717) is 27.8 Å². The van der Waals surface area contributed by atoms with Crippen molar-refractivity contribution in [3.8, 4) is 11.8 Å². The highest BCUT2D eigenvalue weighted by atomic mass is 35.5. The Morgan fingerprint density at radius 1 is 1.38 bits per heavy atom. The number of rotatable bonds is 6. The first kappa shape index (κ1) is 22.8. The number of nitrogens with zero attached hydrogens (tertiary/aromatic N) is 4. The largest absolute Gasteiger partial charge is 0.344 e. The molecule has 0 bridgehead atoms. The second kappa shape index (κ2) is 9.65. The van der Waals surface area contributed by atoms with Crippen molar-refractivity contribution in [3.63, 3.8) is 0 Å². The molecule has 2 heterocycles. The first-order valence-electron chi connectivity index (χ1n) is 10.5. The molecule has 0 saturated carbocycles. The standard InChI is InChI=1S/C23H23ClN4O2S2/c1-14-8-9-15(12-17(14)24)28-22(30)20-16-6-3-4-7-18(16)32-21(20)26-23(28)31-13-19(29)27(2)11-5-10-25/h8-9,12H,3-7,11,13H2,1-2H3. The zero-order valence-electron chi connectivity index (χ0n) is 18.0. The Kier molecular flexibility index (Phi) is 6.89. The Balaban J connectivity index is 1.79. The molecule has 1 aromatic carbocycles. The third kappa shape index (κ3) is 4.42. The lowest BCUT2D eigenvalue weighted by Crippen LogP contribution is -2.29. The molecule has 0 fully saturated rings.